The smallest absolute Gasteiger partial charge is 0.416 e. The van der Waals surface area contributed by atoms with E-state index in [-0.39, 0.29) is 27.8 Å². The average molecular weight is 517 g/mol. The number of nitriles is 1. The predicted octanol–water partition coefficient (Wildman–Crippen LogP) is 5.27. The Bertz CT molecular complexity index is 937. The summed E-state index contributed by atoms with van der Waals surface area (Å²) in [7, 11) is 1.22. The van der Waals surface area contributed by atoms with Gasteiger partial charge in [-0.15, -0.1) is 11.8 Å². The van der Waals surface area contributed by atoms with Crippen molar-refractivity contribution >= 4 is 56.9 Å². The maximum atomic E-state index is 13.0. The van der Waals surface area contributed by atoms with Gasteiger partial charge < -0.3 is 4.74 Å². The fraction of sp³-hybridized carbons (Fsp3) is 0.312. The van der Waals surface area contributed by atoms with E-state index in [0.29, 0.717) is 10.6 Å². The minimum atomic E-state index is -4.63. The molecule has 0 aliphatic heterocycles. The van der Waals surface area contributed by atoms with Crippen molar-refractivity contribution in [1.82, 2.24) is 9.78 Å². The zero-order chi connectivity index (χ0) is 21.2. The number of carbonyl (C=O) groups excluding carboxylic acids is 1. The summed E-state index contributed by atoms with van der Waals surface area (Å²) in [6, 6.07) is 3.37. The van der Waals surface area contributed by atoms with Crippen LogP contribution >= 0.6 is 50.9 Å². The van der Waals surface area contributed by atoms with Gasteiger partial charge in [-0.25, -0.2) is 4.68 Å². The van der Waals surface area contributed by atoms with Gasteiger partial charge in [0.1, 0.15) is 16.6 Å². The topological polar surface area (TPSA) is 67.9 Å². The molecule has 1 aromatic heterocycles. The summed E-state index contributed by atoms with van der Waals surface area (Å²) in [6.07, 6.45) is -2.90. The van der Waals surface area contributed by atoms with Crippen molar-refractivity contribution < 1.29 is 22.7 Å². The van der Waals surface area contributed by atoms with Crippen LogP contribution in [0.25, 0.3) is 5.69 Å². The molecule has 0 N–H and O–H groups in total. The normalized spacial score (nSPS) is 12.5. The standard InChI is InChI=1S/C16H11BrCl2F3N3O2S/c1-27-15(26)8(17)5-12-14(28-2)11(6-23)24-25(12)13-9(18)3-7(4-10(13)19)16(20,21)22/h3-4,8H,5H2,1-2H3. The van der Waals surface area contributed by atoms with E-state index in [2.05, 4.69) is 25.8 Å². The molecule has 12 heteroatoms. The summed E-state index contributed by atoms with van der Waals surface area (Å²) in [4.78, 5) is 11.4. The first-order valence-corrected chi connectivity index (χ1v) is 10.3. The van der Waals surface area contributed by atoms with Crippen molar-refractivity contribution in [2.24, 2.45) is 0 Å². The summed E-state index contributed by atoms with van der Waals surface area (Å²) in [5, 5.41) is 12.9. The molecule has 1 unspecified atom stereocenters. The van der Waals surface area contributed by atoms with Crippen molar-refractivity contribution in [3.05, 3.63) is 39.1 Å². The van der Waals surface area contributed by atoms with Crippen LogP contribution in [-0.4, -0.2) is 33.9 Å². The maximum Gasteiger partial charge on any atom is 0.416 e. The van der Waals surface area contributed by atoms with Crippen molar-refractivity contribution in [2.75, 3.05) is 13.4 Å². The lowest BCUT2D eigenvalue weighted by Crippen LogP contribution is -2.20. The summed E-state index contributed by atoms with van der Waals surface area (Å²) >= 11 is 16.6. The van der Waals surface area contributed by atoms with Crippen LogP contribution in [0.5, 0.6) is 0 Å². The number of methoxy groups -OCH3 is 1. The van der Waals surface area contributed by atoms with Crippen LogP contribution in [0.3, 0.4) is 0 Å². The van der Waals surface area contributed by atoms with Gasteiger partial charge in [0.25, 0.3) is 0 Å². The Balaban J connectivity index is 2.71. The Morgan fingerprint density at radius 2 is 2.00 bits per heavy atom. The Hall–Kier alpha value is -1.41. The lowest BCUT2D eigenvalue weighted by Gasteiger charge is -2.16. The zero-order valence-electron chi connectivity index (χ0n) is 14.3. The number of nitrogens with zero attached hydrogens (tertiary/aromatic N) is 3. The number of halogens is 6. The Morgan fingerprint density at radius 1 is 1.43 bits per heavy atom. The van der Waals surface area contributed by atoms with E-state index in [4.69, 9.17) is 23.2 Å². The SMILES string of the molecule is COC(=O)C(Br)Cc1c(SC)c(C#N)nn1-c1c(Cl)cc(C(F)(F)F)cc1Cl. The molecule has 1 heterocycles. The van der Waals surface area contributed by atoms with Crippen LogP contribution in [-0.2, 0) is 22.1 Å². The van der Waals surface area contributed by atoms with Crippen LogP contribution in [0.4, 0.5) is 13.2 Å². The molecule has 0 aliphatic rings. The van der Waals surface area contributed by atoms with Crippen LogP contribution in [0, 0.1) is 11.3 Å². The lowest BCUT2D eigenvalue weighted by molar-refractivity contribution is -0.140. The quantitative estimate of drug-likeness (QED) is 0.307. The molecule has 0 saturated carbocycles. The Kier molecular flexibility index (Phi) is 7.31. The van der Waals surface area contributed by atoms with E-state index < -0.39 is 22.5 Å². The lowest BCUT2D eigenvalue weighted by atomic mass is 10.1. The highest BCUT2D eigenvalue weighted by molar-refractivity contribution is 9.10. The maximum absolute atomic E-state index is 13.0. The second-order valence-corrected chi connectivity index (χ2v) is 8.07. The molecule has 2 rings (SSSR count). The molecule has 0 radical (unpaired) electrons. The van der Waals surface area contributed by atoms with Gasteiger partial charge in [-0.1, -0.05) is 39.1 Å². The summed E-state index contributed by atoms with van der Waals surface area (Å²) < 4.78 is 44.8. The van der Waals surface area contributed by atoms with E-state index >= 15 is 0 Å². The van der Waals surface area contributed by atoms with E-state index in [0.717, 1.165) is 12.1 Å². The largest absolute Gasteiger partial charge is 0.468 e. The Labute approximate surface area is 180 Å². The molecule has 0 amide bonds. The third kappa shape index (κ3) is 4.59. The summed E-state index contributed by atoms with van der Waals surface area (Å²) in [5.41, 5.74) is -0.634. The molecule has 2 aromatic rings. The van der Waals surface area contributed by atoms with Crippen molar-refractivity contribution in [2.45, 2.75) is 22.3 Å². The number of esters is 1. The molecule has 150 valence electrons. The molecule has 1 aromatic carbocycles. The number of ether oxygens (including phenoxy) is 1. The van der Waals surface area contributed by atoms with Gasteiger partial charge in [0.2, 0.25) is 0 Å². The van der Waals surface area contributed by atoms with E-state index in [1.165, 1.54) is 23.6 Å². The minimum absolute atomic E-state index is 0.0206. The molecule has 0 aliphatic carbocycles. The summed E-state index contributed by atoms with van der Waals surface area (Å²) in [6.45, 7) is 0. The number of benzene rings is 1. The van der Waals surface area contributed by atoms with E-state index in [1.807, 2.05) is 6.07 Å². The monoisotopic (exact) mass is 515 g/mol. The first-order chi connectivity index (χ1) is 13.0. The first kappa shape index (κ1) is 22.9. The number of thioether (sulfide) groups is 1. The van der Waals surface area contributed by atoms with Crippen molar-refractivity contribution in [1.29, 1.82) is 5.26 Å². The highest BCUT2D eigenvalue weighted by Crippen LogP contribution is 2.39. The highest BCUT2D eigenvalue weighted by Gasteiger charge is 2.33. The van der Waals surface area contributed by atoms with E-state index in [9.17, 15) is 23.2 Å². The van der Waals surface area contributed by atoms with Crippen LogP contribution in [0.15, 0.2) is 17.0 Å². The highest BCUT2D eigenvalue weighted by atomic mass is 79.9. The van der Waals surface area contributed by atoms with Crippen LogP contribution < -0.4 is 0 Å². The van der Waals surface area contributed by atoms with Gasteiger partial charge >= 0.3 is 12.1 Å². The van der Waals surface area contributed by atoms with E-state index in [1.54, 1.807) is 6.26 Å². The third-order valence-electron chi connectivity index (χ3n) is 3.63. The number of hydrogen-bond donors (Lipinski definition) is 0. The fourth-order valence-corrected chi connectivity index (χ4v) is 4.23. The molecular formula is C16H11BrCl2F3N3O2S. The molecule has 0 bridgehead atoms. The van der Waals surface area contributed by atoms with Crippen molar-refractivity contribution in [3.8, 4) is 11.8 Å². The second kappa shape index (κ2) is 8.95. The molecule has 0 saturated heterocycles. The fourth-order valence-electron chi connectivity index (χ4n) is 2.40. The zero-order valence-corrected chi connectivity index (χ0v) is 18.2. The van der Waals surface area contributed by atoms with Gasteiger partial charge in [-0.05, 0) is 18.4 Å². The third-order valence-corrected chi connectivity index (χ3v) is 5.74. The first-order valence-electron chi connectivity index (χ1n) is 7.39. The van der Waals surface area contributed by atoms with Gasteiger partial charge in [0.05, 0.1) is 33.3 Å². The Morgan fingerprint density at radius 3 is 2.43 bits per heavy atom. The predicted molar refractivity (Wildman–Crippen MR) is 104 cm³/mol. The minimum Gasteiger partial charge on any atom is -0.468 e. The van der Waals surface area contributed by atoms with Crippen LogP contribution in [0.2, 0.25) is 10.0 Å². The number of hydrogen-bond acceptors (Lipinski definition) is 5. The second-order valence-electron chi connectivity index (χ2n) is 5.33. The molecule has 1 atom stereocenters. The summed E-state index contributed by atoms with van der Waals surface area (Å²) in [5.74, 6) is -0.567. The molecule has 5 nitrogen and oxygen atoms in total. The number of aromatic nitrogens is 2. The van der Waals surface area contributed by atoms with Crippen molar-refractivity contribution in [3.63, 3.8) is 0 Å². The molecule has 0 spiro atoms. The molecular weight excluding hydrogens is 506 g/mol. The van der Waals surface area contributed by atoms with Gasteiger partial charge in [-0.3, -0.25) is 4.79 Å². The average Bonchev–Trinajstić information content (AvgIpc) is 2.96. The van der Waals surface area contributed by atoms with Gasteiger partial charge in [0, 0.05) is 6.42 Å². The van der Waals surface area contributed by atoms with Crippen LogP contribution in [0.1, 0.15) is 17.0 Å². The number of carbonyl (C=O) groups is 1. The number of alkyl halides is 4. The number of rotatable bonds is 5. The van der Waals surface area contributed by atoms with Gasteiger partial charge in [-0.2, -0.15) is 23.5 Å². The molecule has 28 heavy (non-hydrogen) atoms. The molecule has 0 fully saturated rings. The van der Waals surface area contributed by atoms with Gasteiger partial charge in [0.15, 0.2) is 5.69 Å².